The first-order chi connectivity index (χ1) is 10.5. The molecule has 0 spiro atoms. The number of ether oxygens (including phenoxy) is 1. The van der Waals surface area contributed by atoms with E-state index in [1.165, 1.54) is 0 Å². The highest BCUT2D eigenvalue weighted by Crippen LogP contribution is 2.23. The Morgan fingerprint density at radius 1 is 1.41 bits per heavy atom. The smallest absolute Gasteiger partial charge is 0.331 e. The second-order valence-electron chi connectivity index (χ2n) is 6.11. The van der Waals surface area contributed by atoms with Gasteiger partial charge in [0.15, 0.2) is 5.54 Å². The van der Waals surface area contributed by atoms with Crippen LogP contribution in [0.2, 0.25) is 0 Å². The minimum absolute atomic E-state index is 0.000721. The van der Waals surface area contributed by atoms with Gasteiger partial charge in [0.1, 0.15) is 0 Å². The summed E-state index contributed by atoms with van der Waals surface area (Å²) in [6, 6.07) is 0. The van der Waals surface area contributed by atoms with Crippen LogP contribution < -0.4 is 5.32 Å². The quantitative estimate of drug-likeness (QED) is 0.765. The molecule has 7 heteroatoms. The van der Waals surface area contributed by atoms with E-state index in [1.54, 1.807) is 4.90 Å². The van der Waals surface area contributed by atoms with Crippen molar-refractivity contribution >= 4 is 17.8 Å². The van der Waals surface area contributed by atoms with Gasteiger partial charge in [-0.05, 0) is 19.3 Å². The fourth-order valence-electron chi connectivity index (χ4n) is 3.01. The fraction of sp³-hybridized carbons (Fsp3) is 0.800. The van der Waals surface area contributed by atoms with E-state index in [2.05, 4.69) is 5.32 Å². The van der Waals surface area contributed by atoms with Crippen molar-refractivity contribution in [3.8, 4) is 0 Å². The van der Waals surface area contributed by atoms with Crippen molar-refractivity contribution in [1.29, 1.82) is 0 Å². The van der Waals surface area contributed by atoms with Crippen LogP contribution in [0.1, 0.15) is 39.0 Å². The topological polar surface area (TPSA) is 95.9 Å². The minimum atomic E-state index is -1.31. The minimum Gasteiger partial charge on any atom is -0.479 e. The molecule has 2 unspecified atom stereocenters. The number of aliphatic carboxylic acids is 1. The van der Waals surface area contributed by atoms with Crippen molar-refractivity contribution in [1.82, 2.24) is 10.2 Å². The first-order valence-corrected chi connectivity index (χ1v) is 7.89. The number of nitrogens with one attached hydrogen (secondary N) is 1. The van der Waals surface area contributed by atoms with Gasteiger partial charge in [0, 0.05) is 32.5 Å². The van der Waals surface area contributed by atoms with Crippen LogP contribution >= 0.6 is 0 Å². The van der Waals surface area contributed by atoms with Crippen LogP contribution in [0, 0.1) is 5.92 Å². The molecule has 2 atom stereocenters. The van der Waals surface area contributed by atoms with Crippen LogP contribution in [0.25, 0.3) is 0 Å². The molecule has 2 aliphatic heterocycles. The van der Waals surface area contributed by atoms with Crippen LogP contribution in [-0.4, -0.2) is 59.6 Å². The summed E-state index contributed by atoms with van der Waals surface area (Å²) < 4.78 is 5.14. The van der Waals surface area contributed by atoms with Crippen molar-refractivity contribution in [3.05, 3.63) is 0 Å². The van der Waals surface area contributed by atoms with Gasteiger partial charge >= 0.3 is 5.97 Å². The van der Waals surface area contributed by atoms with Gasteiger partial charge in [-0.25, -0.2) is 4.79 Å². The van der Waals surface area contributed by atoms with Crippen molar-refractivity contribution in [2.45, 2.75) is 44.6 Å². The van der Waals surface area contributed by atoms with E-state index in [1.807, 2.05) is 6.92 Å². The lowest BCUT2D eigenvalue weighted by Crippen LogP contribution is -2.58. The van der Waals surface area contributed by atoms with Crippen molar-refractivity contribution < 1.29 is 24.2 Å². The van der Waals surface area contributed by atoms with E-state index in [4.69, 9.17) is 4.74 Å². The first-order valence-electron chi connectivity index (χ1n) is 7.89. The molecule has 0 saturated carbocycles. The number of carboxylic acids is 1. The summed E-state index contributed by atoms with van der Waals surface area (Å²) in [5, 5.41) is 12.0. The van der Waals surface area contributed by atoms with Crippen LogP contribution in [0.4, 0.5) is 0 Å². The lowest BCUT2D eigenvalue weighted by atomic mass is 9.93. The number of rotatable bonds is 5. The molecule has 0 radical (unpaired) electrons. The summed E-state index contributed by atoms with van der Waals surface area (Å²) in [5.41, 5.74) is -1.31. The SMILES string of the molecule is CCCC(=O)N1CCCC(C(=O)NC2(C(=O)O)CCOC2)C1. The zero-order valence-electron chi connectivity index (χ0n) is 13.0. The summed E-state index contributed by atoms with van der Waals surface area (Å²) in [6.07, 6.45) is 2.99. The monoisotopic (exact) mass is 312 g/mol. The Morgan fingerprint density at radius 2 is 2.18 bits per heavy atom. The van der Waals surface area contributed by atoms with E-state index in [0.717, 1.165) is 12.8 Å². The average molecular weight is 312 g/mol. The Hall–Kier alpha value is -1.63. The second-order valence-corrected chi connectivity index (χ2v) is 6.11. The Labute approximate surface area is 130 Å². The highest BCUT2D eigenvalue weighted by Gasteiger charge is 2.45. The number of hydrogen-bond acceptors (Lipinski definition) is 4. The van der Waals surface area contributed by atoms with Crippen LogP contribution in [0.15, 0.2) is 0 Å². The normalized spacial score (nSPS) is 28.4. The molecule has 2 amide bonds. The molecular formula is C15H24N2O5. The fourth-order valence-corrected chi connectivity index (χ4v) is 3.01. The molecule has 0 aromatic rings. The van der Waals surface area contributed by atoms with Gasteiger partial charge in [0.05, 0.1) is 12.5 Å². The van der Waals surface area contributed by atoms with Gasteiger partial charge in [-0.2, -0.15) is 0 Å². The summed E-state index contributed by atoms with van der Waals surface area (Å²) in [6.45, 7) is 3.33. The van der Waals surface area contributed by atoms with Gasteiger partial charge in [0.25, 0.3) is 0 Å². The Kier molecular flexibility index (Phi) is 5.39. The van der Waals surface area contributed by atoms with E-state index in [0.29, 0.717) is 32.5 Å². The first kappa shape index (κ1) is 16.7. The second kappa shape index (κ2) is 7.09. The highest BCUT2D eigenvalue weighted by atomic mass is 16.5. The van der Waals surface area contributed by atoms with Gasteiger partial charge in [0.2, 0.25) is 11.8 Å². The number of piperidine rings is 1. The Bertz CT molecular complexity index is 445. The Morgan fingerprint density at radius 3 is 2.77 bits per heavy atom. The molecule has 22 heavy (non-hydrogen) atoms. The third-order valence-corrected chi connectivity index (χ3v) is 4.40. The third-order valence-electron chi connectivity index (χ3n) is 4.40. The standard InChI is InChI=1S/C15H24N2O5/c1-2-4-12(18)17-7-3-5-11(9-17)13(19)16-15(14(20)21)6-8-22-10-15/h11H,2-10H2,1H3,(H,16,19)(H,20,21). The number of carbonyl (C=O) groups excluding carboxylic acids is 2. The summed E-state index contributed by atoms with van der Waals surface area (Å²) in [7, 11) is 0. The number of hydrogen-bond donors (Lipinski definition) is 2. The molecule has 2 saturated heterocycles. The molecule has 0 aliphatic carbocycles. The van der Waals surface area contributed by atoms with Crippen molar-refractivity contribution in [2.24, 2.45) is 5.92 Å². The third kappa shape index (κ3) is 3.58. The van der Waals surface area contributed by atoms with Crippen molar-refractivity contribution in [2.75, 3.05) is 26.3 Å². The molecule has 2 rings (SSSR count). The van der Waals surface area contributed by atoms with E-state index >= 15 is 0 Å². The highest BCUT2D eigenvalue weighted by molar-refractivity contribution is 5.89. The molecule has 0 aromatic heterocycles. The maximum Gasteiger partial charge on any atom is 0.331 e. The molecule has 2 fully saturated rings. The predicted octanol–water partition coefficient (Wildman–Crippen LogP) is 0.385. The Balaban J connectivity index is 1.97. The number of carbonyl (C=O) groups is 3. The van der Waals surface area contributed by atoms with Gasteiger partial charge < -0.3 is 20.1 Å². The molecular weight excluding hydrogens is 288 g/mol. The average Bonchev–Trinajstić information content (AvgIpc) is 2.97. The zero-order chi connectivity index (χ0) is 16.2. The molecule has 2 N–H and O–H groups in total. The summed E-state index contributed by atoms with van der Waals surface area (Å²) >= 11 is 0. The number of amides is 2. The maximum absolute atomic E-state index is 12.4. The van der Waals surface area contributed by atoms with Gasteiger partial charge in [-0.15, -0.1) is 0 Å². The largest absolute Gasteiger partial charge is 0.479 e. The molecule has 0 bridgehead atoms. The van der Waals surface area contributed by atoms with E-state index in [9.17, 15) is 19.5 Å². The van der Waals surface area contributed by atoms with E-state index < -0.39 is 11.5 Å². The number of nitrogens with zero attached hydrogens (tertiary/aromatic N) is 1. The molecule has 0 aromatic carbocycles. The van der Waals surface area contributed by atoms with Crippen molar-refractivity contribution in [3.63, 3.8) is 0 Å². The molecule has 2 heterocycles. The zero-order valence-corrected chi connectivity index (χ0v) is 13.0. The van der Waals surface area contributed by atoms with Crippen LogP contribution in [-0.2, 0) is 19.1 Å². The molecule has 2 aliphatic rings. The van der Waals surface area contributed by atoms with Crippen LogP contribution in [0.5, 0.6) is 0 Å². The lowest BCUT2D eigenvalue weighted by Gasteiger charge is -2.34. The predicted molar refractivity (Wildman–Crippen MR) is 78.2 cm³/mol. The van der Waals surface area contributed by atoms with Crippen LogP contribution in [0.3, 0.4) is 0 Å². The van der Waals surface area contributed by atoms with Gasteiger partial charge in [-0.3, -0.25) is 9.59 Å². The number of carboxylic acid groups (broad SMARTS) is 1. The van der Waals surface area contributed by atoms with Gasteiger partial charge in [-0.1, -0.05) is 6.92 Å². The number of likely N-dealkylation sites (tertiary alicyclic amines) is 1. The summed E-state index contributed by atoms with van der Waals surface area (Å²) in [5.74, 6) is -1.63. The molecule has 7 nitrogen and oxygen atoms in total. The van der Waals surface area contributed by atoms with E-state index in [-0.39, 0.29) is 30.8 Å². The maximum atomic E-state index is 12.4. The molecule has 124 valence electrons. The lowest BCUT2D eigenvalue weighted by molar-refractivity contribution is -0.149. The summed E-state index contributed by atoms with van der Waals surface area (Å²) in [4.78, 5) is 37.5.